The molecule has 19 heavy (non-hydrogen) atoms. The van der Waals surface area contributed by atoms with E-state index in [4.69, 9.17) is 16.6 Å². The van der Waals surface area contributed by atoms with Gasteiger partial charge in [0, 0.05) is 6.54 Å². The van der Waals surface area contributed by atoms with Crippen molar-refractivity contribution in [3.63, 3.8) is 0 Å². The molecule has 0 spiro atoms. The number of alkyl halides is 1. The Morgan fingerprint density at radius 3 is 2.89 bits per heavy atom. The normalized spacial score (nSPS) is 17.0. The van der Waals surface area contributed by atoms with Gasteiger partial charge in [-0.15, -0.1) is 11.6 Å². The summed E-state index contributed by atoms with van der Waals surface area (Å²) < 4.78 is 2.32. The summed E-state index contributed by atoms with van der Waals surface area (Å²) in [5.74, 6) is 2.01. The molecule has 0 radical (unpaired) electrons. The third-order valence-electron chi connectivity index (χ3n) is 3.98. The highest BCUT2D eigenvalue weighted by Crippen LogP contribution is 2.34. The molecule has 1 saturated carbocycles. The zero-order chi connectivity index (χ0) is 13.4. The third kappa shape index (κ3) is 2.79. The first-order valence-electron chi connectivity index (χ1n) is 7.26. The number of nitrogens with zero attached hydrogens (tertiary/aromatic N) is 2. The van der Waals surface area contributed by atoms with Gasteiger partial charge in [0.1, 0.15) is 5.82 Å². The molecular weight excluding hydrogens is 256 g/mol. The average Bonchev–Trinajstić information content (AvgIpc) is 3.11. The molecule has 1 aliphatic carbocycles. The molecular formula is C16H21ClN2. The molecule has 1 heterocycles. The van der Waals surface area contributed by atoms with Crippen LogP contribution in [0.1, 0.15) is 49.4 Å². The van der Waals surface area contributed by atoms with Crippen molar-refractivity contribution in [1.82, 2.24) is 9.55 Å². The number of hydrogen-bond donors (Lipinski definition) is 0. The van der Waals surface area contributed by atoms with E-state index in [1.807, 2.05) is 6.92 Å². The molecule has 1 atom stereocenters. The van der Waals surface area contributed by atoms with Gasteiger partial charge >= 0.3 is 0 Å². The molecule has 1 aliphatic rings. The van der Waals surface area contributed by atoms with Crippen LogP contribution >= 0.6 is 11.6 Å². The van der Waals surface area contributed by atoms with Gasteiger partial charge in [0.15, 0.2) is 0 Å². The Morgan fingerprint density at radius 1 is 1.42 bits per heavy atom. The smallest absolute Gasteiger partial charge is 0.127 e. The molecule has 0 bridgehead atoms. The lowest BCUT2D eigenvalue weighted by molar-refractivity contribution is 0.569. The summed E-state index contributed by atoms with van der Waals surface area (Å²) in [7, 11) is 0. The molecule has 1 fully saturated rings. The van der Waals surface area contributed by atoms with Gasteiger partial charge in [0.25, 0.3) is 0 Å². The molecule has 0 amide bonds. The molecule has 3 heteroatoms. The van der Waals surface area contributed by atoms with Crippen molar-refractivity contribution in [3.05, 3.63) is 29.6 Å². The number of halogens is 1. The van der Waals surface area contributed by atoms with Crippen molar-refractivity contribution in [1.29, 1.82) is 0 Å². The standard InChI is InChI=1S/C16H21ClN2/c1-11-5-8-14-15(10-11)19(16(18-14)12(2)17)9-3-4-13-6-7-13/h5,8,10,12-13H,3-4,6-7,9H2,1-2H3. The van der Waals surface area contributed by atoms with Crippen LogP contribution in [0.25, 0.3) is 11.0 Å². The highest BCUT2D eigenvalue weighted by atomic mass is 35.5. The molecule has 2 aromatic rings. The Morgan fingerprint density at radius 2 is 2.21 bits per heavy atom. The molecule has 0 N–H and O–H groups in total. The van der Waals surface area contributed by atoms with Gasteiger partial charge in [-0.1, -0.05) is 18.9 Å². The van der Waals surface area contributed by atoms with Gasteiger partial charge in [0.05, 0.1) is 16.4 Å². The Bertz CT molecular complexity index is 582. The molecule has 0 saturated heterocycles. The number of aryl methyl sites for hydroxylation is 2. The van der Waals surface area contributed by atoms with E-state index in [2.05, 4.69) is 29.7 Å². The summed E-state index contributed by atoms with van der Waals surface area (Å²) in [4.78, 5) is 4.70. The minimum absolute atomic E-state index is 0.0337. The lowest BCUT2D eigenvalue weighted by atomic mass is 10.2. The van der Waals surface area contributed by atoms with Gasteiger partial charge in [-0.25, -0.2) is 4.98 Å². The van der Waals surface area contributed by atoms with Crippen LogP contribution in [0.15, 0.2) is 18.2 Å². The number of rotatable bonds is 5. The molecule has 102 valence electrons. The van der Waals surface area contributed by atoms with E-state index in [9.17, 15) is 0 Å². The Labute approximate surface area is 119 Å². The Hall–Kier alpha value is -1.02. The highest BCUT2D eigenvalue weighted by Gasteiger charge is 2.21. The van der Waals surface area contributed by atoms with Gasteiger partial charge < -0.3 is 4.57 Å². The zero-order valence-electron chi connectivity index (χ0n) is 11.7. The Balaban J connectivity index is 1.91. The number of benzene rings is 1. The summed E-state index contributed by atoms with van der Waals surface area (Å²) in [6.45, 7) is 5.18. The first-order valence-corrected chi connectivity index (χ1v) is 7.69. The van der Waals surface area contributed by atoms with Gasteiger partial charge in [-0.3, -0.25) is 0 Å². The van der Waals surface area contributed by atoms with E-state index in [0.29, 0.717) is 0 Å². The average molecular weight is 277 g/mol. The zero-order valence-corrected chi connectivity index (χ0v) is 12.5. The van der Waals surface area contributed by atoms with Crippen LogP contribution in [0, 0.1) is 12.8 Å². The summed E-state index contributed by atoms with van der Waals surface area (Å²) in [5.41, 5.74) is 3.59. The Kier molecular flexibility index (Phi) is 3.53. The van der Waals surface area contributed by atoms with Crippen LogP contribution in [-0.4, -0.2) is 9.55 Å². The van der Waals surface area contributed by atoms with Crippen LogP contribution in [0.3, 0.4) is 0 Å². The van der Waals surface area contributed by atoms with E-state index < -0.39 is 0 Å². The quantitative estimate of drug-likeness (QED) is 0.715. The predicted molar refractivity (Wildman–Crippen MR) is 80.7 cm³/mol. The maximum atomic E-state index is 6.29. The van der Waals surface area contributed by atoms with Crippen molar-refractivity contribution in [2.24, 2.45) is 5.92 Å². The second kappa shape index (κ2) is 5.16. The van der Waals surface area contributed by atoms with Crippen molar-refractivity contribution >= 4 is 22.6 Å². The number of imidazole rings is 1. The van der Waals surface area contributed by atoms with E-state index in [1.165, 1.54) is 36.8 Å². The molecule has 1 aromatic heterocycles. The number of fused-ring (bicyclic) bond motifs is 1. The second-order valence-electron chi connectivity index (χ2n) is 5.82. The van der Waals surface area contributed by atoms with E-state index in [1.54, 1.807) is 0 Å². The van der Waals surface area contributed by atoms with E-state index in [0.717, 1.165) is 23.8 Å². The van der Waals surface area contributed by atoms with Gasteiger partial charge in [-0.05, 0) is 50.3 Å². The molecule has 1 unspecified atom stereocenters. The van der Waals surface area contributed by atoms with Crippen molar-refractivity contribution in [2.45, 2.75) is 51.5 Å². The summed E-state index contributed by atoms with van der Waals surface area (Å²) >= 11 is 6.29. The van der Waals surface area contributed by atoms with Crippen LogP contribution < -0.4 is 0 Å². The van der Waals surface area contributed by atoms with E-state index >= 15 is 0 Å². The lowest BCUT2D eigenvalue weighted by Crippen LogP contribution is -2.05. The summed E-state index contributed by atoms with van der Waals surface area (Å²) in [6, 6.07) is 6.44. The minimum Gasteiger partial charge on any atom is -0.327 e. The molecule has 3 rings (SSSR count). The fraction of sp³-hybridized carbons (Fsp3) is 0.562. The van der Waals surface area contributed by atoms with Crippen molar-refractivity contribution in [2.75, 3.05) is 0 Å². The third-order valence-corrected chi connectivity index (χ3v) is 4.18. The van der Waals surface area contributed by atoms with Gasteiger partial charge in [0.2, 0.25) is 0 Å². The molecule has 2 nitrogen and oxygen atoms in total. The minimum atomic E-state index is -0.0337. The van der Waals surface area contributed by atoms with Crippen LogP contribution in [0.5, 0.6) is 0 Å². The predicted octanol–water partition coefficient (Wildman–Crippen LogP) is 4.83. The summed E-state index contributed by atoms with van der Waals surface area (Å²) in [6.07, 6.45) is 5.45. The fourth-order valence-electron chi connectivity index (χ4n) is 2.73. The lowest BCUT2D eigenvalue weighted by Gasteiger charge is -2.10. The number of hydrogen-bond acceptors (Lipinski definition) is 1. The summed E-state index contributed by atoms with van der Waals surface area (Å²) in [5, 5.41) is -0.0337. The fourth-order valence-corrected chi connectivity index (χ4v) is 2.90. The van der Waals surface area contributed by atoms with Crippen LogP contribution in [0.2, 0.25) is 0 Å². The first-order chi connectivity index (χ1) is 9.15. The van der Waals surface area contributed by atoms with Crippen molar-refractivity contribution in [3.8, 4) is 0 Å². The first kappa shape index (κ1) is 13.0. The second-order valence-corrected chi connectivity index (χ2v) is 6.47. The van der Waals surface area contributed by atoms with Gasteiger partial charge in [-0.2, -0.15) is 0 Å². The topological polar surface area (TPSA) is 17.8 Å². The largest absolute Gasteiger partial charge is 0.327 e. The highest BCUT2D eigenvalue weighted by molar-refractivity contribution is 6.20. The van der Waals surface area contributed by atoms with Crippen LogP contribution in [0.4, 0.5) is 0 Å². The molecule has 0 aliphatic heterocycles. The van der Waals surface area contributed by atoms with Crippen LogP contribution in [-0.2, 0) is 6.54 Å². The van der Waals surface area contributed by atoms with E-state index in [-0.39, 0.29) is 5.38 Å². The maximum Gasteiger partial charge on any atom is 0.127 e. The van der Waals surface area contributed by atoms with Crippen molar-refractivity contribution < 1.29 is 0 Å². The monoisotopic (exact) mass is 276 g/mol. The maximum absolute atomic E-state index is 6.29. The molecule has 1 aromatic carbocycles. The SMILES string of the molecule is Cc1ccc2nc(C(C)Cl)n(CCCC3CC3)c2c1. The number of aromatic nitrogens is 2.